The van der Waals surface area contributed by atoms with E-state index in [-0.39, 0.29) is 6.61 Å². The number of aryl methyl sites for hydroxylation is 1. The molecule has 4 heteroatoms. The fourth-order valence-corrected chi connectivity index (χ4v) is 0.850. The van der Waals surface area contributed by atoms with Crippen LogP contribution in [0, 0.1) is 0 Å². The van der Waals surface area contributed by atoms with Gasteiger partial charge in [0.05, 0.1) is 11.2 Å². The SMILES string of the molecule is OCCCn1cc(Cl)cn1. The number of hydrogen-bond acceptors (Lipinski definition) is 2. The lowest BCUT2D eigenvalue weighted by atomic mass is 10.5. The van der Waals surface area contributed by atoms with E-state index in [1.807, 2.05) is 0 Å². The first-order valence-corrected chi connectivity index (χ1v) is 3.49. The normalized spacial score (nSPS) is 10.2. The van der Waals surface area contributed by atoms with E-state index in [0.29, 0.717) is 5.02 Å². The van der Waals surface area contributed by atoms with Crippen molar-refractivity contribution in [3.63, 3.8) is 0 Å². The third-order valence-corrected chi connectivity index (χ3v) is 1.34. The van der Waals surface area contributed by atoms with E-state index in [2.05, 4.69) is 5.10 Å². The fourth-order valence-electron chi connectivity index (χ4n) is 0.693. The second-order valence-electron chi connectivity index (χ2n) is 2.00. The molecule has 0 radical (unpaired) electrons. The Morgan fingerprint density at radius 3 is 3.00 bits per heavy atom. The van der Waals surface area contributed by atoms with Crippen LogP contribution < -0.4 is 0 Å². The van der Waals surface area contributed by atoms with Gasteiger partial charge in [0, 0.05) is 19.3 Å². The van der Waals surface area contributed by atoms with Gasteiger partial charge in [-0.2, -0.15) is 5.10 Å². The molecule has 0 amide bonds. The average Bonchev–Trinajstić information content (AvgIpc) is 2.31. The summed E-state index contributed by atoms with van der Waals surface area (Å²) in [5, 5.41) is 13.0. The molecule has 0 aliphatic carbocycles. The average molecular weight is 161 g/mol. The minimum absolute atomic E-state index is 0.192. The Morgan fingerprint density at radius 1 is 1.70 bits per heavy atom. The molecular weight excluding hydrogens is 152 g/mol. The Hall–Kier alpha value is -0.540. The lowest BCUT2D eigenvalue weighted by Crippen LogP contribution is -1.99. The summed E-state index contributed by atoms with van der Waals surface area (Å²) in [6.07, 6.45) is 4.04. The predicted octanol–water partition coefficient (Wildman–Crippen LogP) is 0.919. The van der Waals surface area contributed by atoms with Crippen molar-refractivity contribution in [3.05, 3.63) is 17.4 Å². The van der Waals surface area contributed by atoms with E-state index in [4.69, 9.17) is 16.7 Å². The topological polar surface area (TPSA) is 38.0 Å². The van der Waals surface area contributed by atoms with Gasteiger partial charge in [-0.15, -0.1) is 0 Å². The molecule has 0 saturated carbocycles. The molecule has 0 atom stereocenters. The largest absolute Gasteiger partial charge is 0.396 e. The summed E-state index contributed by atoms with van der Waals surface area (Å²) in [5.41, 5.74) is 0. The van der Waals surface area contributed by atoms with Crippen LogP contribution in [-0.2, 0) is 6.54 Å². The molecule has 1 aromatic heterocycles. The van der Waals surface area contributed by atoms with Crippen molar-refractivity contribution in [1.82, 2.24) is 9.78 Å². The Kier molecular flexibility index (Phi) is 2.71. The fraction of sp³-hybridized carbons (Fsp3) is 0.500. The highest BCUT2D eigenvalue weighted by Crippen LogP contribution is 2.04. The van der Waals surface area contributed by atoms with Crippen LogP contribution in [0.3, 0.4) is 0 Å². The number of nitrogens with zero attached hydrogens (tertiary/aromatic N) is 2. The molecule has 0 unspecified atom stereocenters. The van der Waals surface area contributed by atoms with Gasteiger partial charge in [-0.05, 0) is 6.42 Å². The molecular formula is C6H9ClN2O. The summed E-state index contributed by atoms with van der Waals surface area (Å²) in [6.45, 7) is 0.917. The summed E-state index contributed by atoms with van der Waals surface area (Å²) >= 11 is 5.59. The highest BCUT2D eigenvalue weighted by Gasteiger charge is 1.92. The van der Waals surface area contributed by atoms with Crippen LogP contribution in [0.5, 0.6) is 0 Å². The second kappa shape index (κ2) is 3.58. The molecule has 0 aromatic carbocycles. The Bertz CT molecular complexity index is 199. The Balaban J connectivity index is 2.42. The predicted molar refractivity (Wildman–Crippen MR) is 38.9 cm³/mol. The molecule has 0 saturated heterocycles. The van der Waals surface area contributed by atoms with E-state index in [1.165, 1.54) is 0 Å². The monoisotopic (exact) mass is 160 g/mol. The number of aromatic nitrogens is 2. The van der Waals surface area contributed by atoms with Gasteiger partial charge in [0.2, 0.25) is 0 Å². The Morgan fingerprint density at radius 2 is 2.50 bits per heavy atom. The molecule has 0 fully saturated rings. The first-order chi connectivity index (χ1) is 4.83. The highest BCUT2D eigenvalue weighted by atomic mass is 35.5. The molecule has 0 aliphatic rings. The summed E-state index contributed by atoms with van der Waals surface area (Å²) in [5.74, 6) is 0. The molecule has 0 spiro atoms. The molecule has 1 aromatic rings. The van der Waals surface area contributed by atoms with Crippen LogP contribution >= 0.6 is 11.6 Å². The molecule has 1 heterocycles. The molecule has 1 N–H and O–H groups in total. The summed E-state index contributed by atoms with van der Waals surface area (Å²) in [7, 11) is 0. The second-order valence-corrected chi connectivity index (χ2v) is 2.44. The van der Waals surface area contributed by atoms with Gasteiger partial charge in [0.1, 0.15) is 0 Å². The van der Waals surface area contributed by atoms with Crippen LogP contribution in [0.2, 0.25) is 5.02 Å². The number of aliphatic hydroxyl groups excluding tert-OH is 1. The summed E-state index contributed by atoms with van der Waals surface area (Å²) in [6, 6.07) is 0. The lowest BCUT2D eigenvalue weighted by molar-refractivity contribution is 0.277. The maximum atomic E-state index is 8.46. The van der Waals surface area contributed by atoms with Gasteiger partial charge in [-0.25, -0.2) is 0 Å². The molecule has 56 valence electrons. The van der Waals surface area contributed by atoms with E-state index in [9.17, 15) is 0 Å². The third kappa shape index (κ3) is 2.01. The lowest BCUT2D eigenvalue weighted by Gasteiger charge is -1.95. The van der Waals surface area contributed by atoms with Crippen LogP contribution in [0.4, 0.5) is 0 Å². The number of halogens is 1. The summed E-state index contributed by atoms with van der Waals surface area (Å²) < 4.78 is 1.71. The quantitative estimate of drug-likeness (QED) is 0.714. The number of hydrogen-bond donors (Lipinski definition) is 1. The van der Waals surface area contributed by atoms with Gasteiger partial charge in [-0.1, -0.05) is 11.6 Å². The first kappa shape index (κ1) is 7.57. The molecule has 10 heavy (non-hydrogen) atoms. The molecule has 0 bridgehead atoms. The van der Waals surface area contributed by atoms with Crippen molar-refractivity contribution in [1.29, 1.82) is 0 Å². The minimum atomic E-state index is 0.192. The maximum Gasteiger partial charge on any atom is 0.0785 e. The van der Waals surface area contributed by atoms with Crippen molar-refractivity contribution in [2.45, 2.75) is 13.0 Å². The van der Waals surface area contributed by atoms with Crippen molar-refractivity contribution < 1.29 is 5.11 Å². The van der Waals surface area contributed by atoms with Crippen molar-refractivity contribution in [2.75, 3.05) is 6.61 Å². The van der Waals surface area contributed by atoms with Gasteiger partial charge in [0.15, 0.2) is 0 Å². The molecule has 3 nitrogen and oxygen atoms in total. The number of aliphatic hydroxyl groups is 1. The maximum absolute atomic E-state index is 8.46. The van der Waals surface area contributed by atoms with Crippen LogP contribution in [0.15, 0.2) is 12.4 Å². The molecule has 1 rings (SSSR count). The zero-order chi connectivity index (χ0) is 7.40. The van der Waals surface area contributed by atoms with E-state index in [0.717, 1.165) is 13.0 Å². The van der Waals surface area contributed by atoms with Crippen molar-refractivity contribution >= 4 is 11.6 Å². The molecule has 0 aliphatic heterocycles. The van der Waals surface area contributed by atoms with Crippen LogP contribution in [0.1, 0.15) is 6.42 Å². The zero-order valence-corrected chi connectivity index (χ0v) is 6.25. The van der Waals surface area contributed by atoms with Gasteiger partial charge < -0.3 is 5.11 Å². The van der Waals surface area contributed by atoms with Crippen molar-refractivity contribution in [2.24, 2.45) is 0 Å². The van der Waals surface area contributed by atoms with Crippen LogP contribution in [-0.4, -0.2) is 21.5 Å². The van der Waals surface area contributed by atoms with Gasteiger partial charge in [0.25, 0.3) is 0 Å². The van der Waals surface area contributed by atoms with Crippen molar-refractivity contribution in [3.8, 4) is 0 Å². The van der Waals surface area contributed by atoms with Gasteiger partial charge >= 0.3 is 0 Å². The Labute approximate surface area is 64.2 Å². The van der Waals surface area contributed by atoms with E-state index in [1.54, 1.807) is 17.1 Å². The first-order valence-electron chi connectivity index (χ1n) is 3.12. The number of rotatable bonds is 3. The highest BCUT2D eigenvalue weighted by molar-refractivity contribution is 6.30. The van der Waals surface area contributed by atoms with E-state index >= 15 is 0 Å². The van der Waals surface area contributed by atoms with E-state index < -0.39 is 0 Å². The summed E-state index contributed by atoms with van der Waals surface area (Å²) in [4.78, 5) is 0. The zero-order valence-electron chi connectivity index (χ0n) is 5.50. The third-order valence-electron chi connectivity index (χ3n) is 1.15. The van der Waals surface area contributed by atoms with Gasteiger partial charge in [-0.3, -0.25) is 4.68 Å². The smallest absolute Gasteiger partial charge is 0.0785 e. The minimum Gasteiger partial charge on any atom is -0.396 e. The standard InChI is InChI=1S/C6H9ClN2O/c7-6-4-8-9(5-6)2-1-3-10/h4-5,10H,1-3H2. The van der Waals surface area contributed by atoms with Crippen LogP contribution in [0.25, 0.3) is 0 Å².